The monoisotopic (exact) mass is 470 g/mol. The van der Waals surface area contributed by atoms with Crippen LogP contribution in [0.1, 0.15) is 23.7 Å². The third kappa shape index (κ3) is 6.70. The van der Waals surface area contributed by atoms with Crippen molar-refractivity contribution in [1.29, 1.82) is 0 Å². The lowest BCUT2D eigenvalue weighted by atomic mass is 10.1. The highest BCUT2D eigenvalue weighted by atomic mass is 16.5. The Balaban J connectivity index is 1.39. The van der Waals surface area contributed by atoms with Crippen molar-refractivity contribution in [2.45, 2.75) is 19.9 Å². The molecule has 3 aromatic carbocycles. The molecule has 0 bridgehead atoms. The molecule has 0 aliphatic rings. The van der Waals surface area contributed by atoms with Crippen LogP contribution in [0.5, 0.6) is 17.2 Å². The molecule has 2 amide bonds. The Morgan fingerprint density at radius 1 is 0.943 bits per heavy atom. The van der Waals surface area contributed by atoms with Gasteiger partial charge in [0.25, 0.3) is 5.91 Å². The highest BCUT2D eigenvalue weighted by Crippen LogP contribution is 2.30. The number of carbonyl (C=O) groups is 2. The Morgan fingerprint density at radius 3 is 2.51 bits per heavy atom. The van der Waals surface area contributed by atoms with Gasteiger partial charge in [0, 0.05) is 36.6 Å². The Hall–Kier alpha value is -4.59. The first-order valence-corrected chi connectivity index (χ1v) is 11.3. The van der Waals surface area contributed by atoms with E-state index in [4.69, 9.17) is 9.47 Å². The Morgan fingerprint density at radius 2 is 1.74 bits per heavy atom. The van der Waals surface area contributed by atoms with Crippen molar-refractivity contribution >= 4 is 23.2 Å². The number of nitrogens with zero attached hydrogens (tertiary/aromatic N) is 2. The Bertz CT molecular complexity index is 1270. The van der Waals surface area contributed by atoms with Gasteiger partial charge in [0.1, 0.15) is 11.5 Å². The predicted molar refractivity (Wildman–Crippen MR) is 134 cm³/mol. The minimum atomic E-state index is -0.317. The van der Waals surface area contributed by atoms with Crippen molar-refractivity contribution in [2.24, 2.45) is 0 Å². The van der Waals surface area contributed by atoms with Gasteiger partial charge >= 0.3 is 0 Å². The molecule has 178 valence electrons. The molecule has 0 radical (unpaired) electrons. The van der Waals surface area contributed by atoms with Gasteiger partial charge in [-0.3, -0.25) is 9.59 Å². The average molecular weight is 471 g/mol. The third-order valence-corrected chi connectivity index (χ3v) is 5.06. The van der Waals surface area contributed by atoms with Gasteiger partial charge in [-0.05, 0) is 61.5 Å². The SMILES string of the molecule is CCOc1ccc(Oc2ccccc2NC(=O)c2cccc(NC(=O)CCn3ccnc3)c2)cc1. The first-order valence-electron chi connectivity index (χ1n) is 11.3. The number of aryl methyl sites for hydroxylation is 1. The van der Waals surface area contributed by atoms with E-state index in [1.807, 2.05) is 47.9 Å². The molecule has 4 rings (SSSR count). The van der Waals surface area contributed by atoms with Crippen LogP contribution in [0.15, 0.2) is 91.5 Å². The van der Waals surface area contributed by atoms with E-state index in [1.54, 1.807) is 55.1 Å². The molecule has 1 aromatic heterocycles. The summed E-state index contributed by atoms with van der Waals surface area (Å²) in [6.45, 7) is 3.04. The normalized spacial score (nSPS) is 10.4. The van der Waals surface area contributed by atoms with E-state index < -0.39 is 0 Å². The highest BCUT2D eigenvalue weighted by molar-refractivity contribution is 6.06. The lowest BCUT2D eigenvalue weighted by Crippen LogP contribution is -2.16. The fourth-order valence-corrected chi connectivity index (χ4v) is 3.36. The molecule has 0 spiro atoms. The zero-order chi connectivity index (χ0) is 24.5. The number of para-hydroxylation sites is 2. The number of amides is 2. The maximum absolute atomic E-state index is 12.9. The number of carbonyl (C=O) groups excluding carboxylic acids is 2. The maximum atomic E-state index is 12.9. The second kappa shape index (κ2) is 11.5. The van der Waals surface area contributed by atoms with E-state index in [-0.39, 0.29) is 11.8 Å². The topological polar surface area (TPSA) is 94.5 Å². The first kappa shape index (κ1) is 23.6. The number of hydrogen-bond donors (Lipinski definition) is 2. The van der Waals surface area contributed by atoms with Gasteiger partial charge in [-0.1, -0.05) is 18.2 Å². The molecule has 0 saturated heterocycles. The van der Waals surface area contributed by atoms with Gasteiger partial charge < -0.3 is 24.7 Å². The van der Waals surface area contributed by atoms with Crippen molar-refractivity contribution in [2.75, 3.05) is 17.2 Å². The third-order valence-electron chi connectivity index (χ3n) is 5.06. The van der Waals surface area contributed by atoms with Crippen LogP contribution in [0.3, 0.4) is 0 Å². The number of rotatable bonds is 10. The van der Waals surface area contributed by atoms with Crippen LogP contribution in [-0.4, -0.2) is 28.0 Å². The summed E-state index contributed by atoms with van der Waals surface area (Å²) in [6, 6.07) is 21.3. The lowest BCUT2D eigenvalue weighted by Gasteiger charge is -2.13. The van der Waals surface area contributed by atoms with Gasteiger partial charge in [-0.25, -0.2) is 4.98 Å². The fraction of sp³-hybridized carbons (Fsp3) is 0.148. The molecule has 8 nitrogen and oxygen atoms in total. The van der Waals surface area contributed by atoms with Gasteiger partial charge in [0.05, 0.1) is 18.6 Å². The van der Waals surface area contributed by atoms with Crippen LogP contribution < -0.4 is 20.1 Å². The van der Waals surface area contributed by atoms with Gasteiger partial charge in [-0.15, -0.1) is 0 Å². The Kier molecular flexibility index (Phi) is 7.75. The van der Waals surface area contributed by atoms with Crippen LogP contribution >= 0.6 is 0 Å². The predicted octanol–water partition coefficient (Wildman–Crippen LogP) is 5.36. The highest BCUT2D eigenvalue weighted by Gasteiger charge is 2.12. The largest absolute Gasteiger partial charge is 0.494 e. The zero-order valence-corrected chi connectivity index (χ0v) is 19.3. The maximum Gasteiger partial charge on any atom is 0.255 e. The standard InChI is InChI=1S/C27H26N4O4/c1-2-34-22-10-12-23(13-11-22)35-25-9-4-3-8-24(25)30-27(33)20-6-5-7-21(18-20)29-26(32)14-16-31-17-15-28-19-31/h3-13,15,17-19H,2,14,16H2,1H3,(H,29,32)(H,30,33). The number of imidazole rings is 1. The van der Waals surface area contributed by atoms with Crippen LogP contribution in [0.4, 0.5) is 11.4 Å². The molecule has 8 heteroatoms. The van der Waals surface area contributed by atoms with Crippen LogP contribution in [0.2, 0.25) is 0 Å². The summed E-state index contributed by atoms with van der Waals surface area (Å²) in [6.07, 6.45) is 5.43. The van der Waals surface area contributed by atoms with Crippen molar-refractivity contribution in [3.8, 4) is 17.2 Å². The number of benzene rings is 3. The van der Waals surface area contributed by atoms with E-state index >= 15 is 0 Å². The number of nitrogens with one attached hydrogen (secondary N) is 2. The molecule has 35 heavy (non-hydrogen) atoms. The fourth-order valence-electron chi connectivity index (χ4n) is 3.36. The number of aromatic nitrogens is 2. The molecule has 0 aliphatic heterocycles. The molecule has 1 heterocycles. The van der Waals surface area contributed by atoms with E-state index in [0.29, 0.717) is 48.0 Å². The van der Waals surface area contributed by atoms with E-state index in [0.717, 1.165) is 5.75 Å². The van der Waals surface area contributed by atoms with Crippen molar-refractivity contribution < 1.29 is 19.1 Å². The summed E-state index contributed by atoms with van der Waals surface area (Å²) >= 11 is 0. The van der Waals surface area contributed by atoms with Crippen molar-refractivity contribution in [3.63, 3.8) is 0 Å². The van der Waals surface area contributed by atoms with Crippen molar-refractivity contribution in [1.82, 2.24) is 9.55 Å². The molecule has 0 unspecified atom stereocenters. The number of anilines is 2. The van der Waals surface area contributed by atoms with Crippen LogP contribution in [0.25, 0.3) is 0 Å². The molecular weight excluding hydrogens is 444 g/mol. The summed E-state index contributed by atoms with van der Waals surface area (Å²) in [7, 11) is 0. The van der Waals surface area contributed by atoms with E-state index in [1.165, 1.54) is 0 Å². The van der Waals surface area contributed by atoms with Gasteiger partial charge in [-0.2, -0.15) is 0 Å². The molecular formula is C27H26N4O4. The van der Waals surface area contributed by atoms with Gasteiger partial charge in [0.15, 0.2) is 5.75 Å². The smallest absolute Gasteiger partial charge is 0.255 e. The summed E-state index contributed by atoms with van der Waals surface area (Å²) in [4.78, 5) is 29.2. The Labute approximate surface area is 203 Å². The first-order chi connectivity index (χ1) is 17.1. The summed E-state index contributed by atoms with van der Waals surface area (Å²) < 4.78 is 13.3. The minimum Gasteiger partial charge on any atom is -0.494 e. The molecule has 4 aromatic rings. The second-order valence-corrected chi connectivity index (χ2v) is 7.64. The van der Waals surface area contributed by atoms with Crippen molar-refractivity contribution in [3.05, 3.63) is 97.1 Å². The number of ether oxygens (including phenoxy) is 2. The molecule has 2 N–H and O–H groups in total. The summed E-state index contributed by atoms with van der Waals surface area (Å²) in [5.74, 6) is 1.42. The molecule has 0 atom stereocenters. The van der Waals surface area contributed by atoms with E-state index in [9.17, 15) is 9.59 Å². The minimum absolute atomic E-state index is 0.148. The van der Waals surface area contributed by atoms with E-state index in [2.05, 4.69) is 15.6 Å². The van der Waals surface area contributed by atoms with Gasteiger partial charge in [0.2, 0.25) is 5.91 Å². The zero-order valence-electron chi connectivity index (χ0n) is 19.3. The summed E-state index contributed by atoms with van der Waals surface area (Å²) in [5, 5.41) is 5.72. The van der Waals surface area contributed by atoms with Crippen LogP contribution in [0, 0.1) is 0 Å². The summed E-state index contributed by atoms with van der Waals surface area (Å²) in [5.41, 5.74) is 1.49. The molecule has 0 fully saturated rings. The molecule has 0 saturated carbocycles. The van der Waals surface area contributed by atoms with Crippen LogP contribution in [-0.2, 0) is 11.3 Å². The number of hydrogen-bond acceptors (Lipinski definition) is 5. The molecule has 0 aliphatic carbocycles. The quantitative estimate of drug-likeness (QED) is 0.326. The lowest BCUT2D eigenvalue weighted by molar-refractivity contribution is -0.116. The second-order valence-electron chi connectivity index (χ2n) is 7.64. The average Bonchev–Trinajstić information content (AvgIpc) is 3.39.